The zero-order chi connectivity index (χ0) is 14.0. The number of rotatable bonds is 7. The second-order valence-corrected chi connectivity index (χ2v) is 5.42. The summed E-state index contributed by atoms with van der Waals surface area (Å²) in [5.74, 6) is 0.00510. The van der Waals surface area contributed by atoms with Gasteiger partial charge >= 0.3 is 0 Å². The maximum Gasteiger partial charge on any atom is 0.246 e. The van der Waals surface area contributed by atoms with Crippen LogP contribution in [-0.2, 0) is 14.3 Å². The third-order valence-electron chi connectivity index (χ3n) is 3.81. The quantitative estimate of drug-likeness (QED) is 0.623. The largest absolute Gasteiger partial charge is 0.379 e. The van der Waals surface area contributed by atoms with Gasteiger partial charge in [-0.15, -0.1) is 0 Å². The Bertz CT molecular complexity index is 277. The molecule has 2 aliphatic rings. The number of hydrogen-bond acceptors (Lipinski definition) is 5. The smallest absolute Gasteiger partial charge is 0.246 e. The average molecular weight is 285 g/mol. The molecule has 116 valence electrons. The highest BCUT2D eigenvalue weighted by molar-refractivity contribution is 5.77. The van der Waals surface area contributed by atoms with E-state index in [2.05, 4.69) is 15.5 Å². The van der Waals surface area contributed by atoms with Crippen molar-refractivity contribution in [1.82, 2.24) is 15.5 Å². The van der Waals surface area contributed by atoms with E-state index in [0.29, 0.717) is 0 Å². The molecule has 0 atom stereocenters. The molecule has 2 N–H and O–H groups in total. The molecule has 0 saturated carbocycles. The van der Waals surface area contributed by atoms with Crippen molar-refractivity contribution < 1.29 is 14.3 Å². The van der Waals surface area contributed by atoms with Crippen molar-refractivity contribution in [2.75, 3.05) is 59.1 Å². The molecular formula is C14H27N3O3. The second-order valence-electron chi connectivity index (χ2n) is 5.42. The van der Waals surface area contributed by atoms with Gasteiger partial charge in [-0.2, -0.15) is 0 Å². The van der Waals surface area contributed by atoms with Crippen LogP contribution in [0, 0.1) is 0 Å². The normalized spacial score (nSPS) is 21.8. The number of carbonyl (C=O) groups is 1. The fourth-order valence-electron chi connectivity index (χ4n) is 2.56. The van der Waals surface area contributed by atoms with Crippen molar-refractivity contribution >= 4 is 5.91 Å². The lowest BCUT2D eigenvalue weighted by Crippen LogP contribution is -2.39. The van der Waals surface area contributed by atoms with E-state index < -0.39 is 0 Å². The molecule has 0 radical (unpaired) electrons. The van der Waals surface area contributed by atoms with Crippen molar-refractivity contribution in [2.45, 2.75) is 25.4 Å². The Balaban J connectivity index is 1.45. The minimum absolute atomic E-state index is 0.00510. The topological polar surface area (TPSA) is 62.8 Å². The van der Waals surface area contributed by atoms with Gasteiger partial charge in [-0.25, -0.2) is 0 Å². The molecule has 2 fully saturated rings. The lowest BCUT2D eigenvalue weighted by Gasteiger charge is -2.26. The van der Waals surface area contributed by atoms with Crippen LogP contribution >= 0.6 is 0 Å². The first-order valence-electron chi connectivity index (χ1n) is 7.74. The molecular weight excluding hydrogens is 258 g/mol. The number of carbonyl (C=O) groups excluding carboxylic acids is 1. The van der Waals surface area contributed by atoms with Crippen molar-refractivity contribution in [1.29, 1.82) is 0 Å². The fourth-order valence-corrected chi connectivity index (χ4v) is 2.56. The first-order chi connectivity index (χ1) is 9.84. The van der Waals surface area contributed by atoms with Gasteiger partial charge in [0.05, 0.1) is 19.3 Å². The van der Waals surface area contributed by atoms with Crippen LogP contribution in [0.4, 0.5) is 0 Å². The molecule has 0 unspecified atom stereocenters. The van der Waals surface area contributed by atoms with E-state index >= 15 is 0 Å². The highest BCUT2D eigenvalue weighted by Crippen LogP contribution is 2.06. The maximum atomic E-state index is 11.7. The Labute approximate surface area is 121 Å². The minimum Gasteiger partial charge on any atom is -0.379 e. The number of ether oxygens (including phenoxy) is 2. The Kier molecular flexibility index (Phi) is 7.28. The highest BCUT2D eigenvalue weighted by atomic mass is 16.5. The Morgan fingerprint density at radius 2 is 2.05 bits per heavy atom. The van der Waals surface area contributed by atoms with E-state index in [9.17, 15) is 4.79 Å². The number of piperidine rings is 1. The van der Waals surface area contributed by atoms with Crippen LogP contribution in [0.2, 0.25) is 0 Å². The molecule has 2 heterocycles. The molecule has 2 aliphatic heterocycles. The summed E-state index contributed by atoms with van der Waals surface area (Å²) in [6.45, 7) is 7.61. The third-order valence-corrected chi connectivity index (χ3v) is 3.81. The Morgan fingerprint density at radius 3 is 2.80 bits per heavy atom. The number of nitrogens with one attached hydrogen (secondary N) is 2. The summed E-state index contributed by atoms with van der Waals surface area (Å²) in [5.41, 5.74) is 0. The zero-order valence-electron chi connectivity index (χ0n) is 12.2. The summed E-state index contributed by atoms with van der Waals surface area (Å²) < 4.78 is 10.9. The van der Waals surface area contributed by atoms with E-state index in [-0.39, 0.29) is 18.6 Å². The SMILES string of the molecule is O=C(COC1CCNCC1)NCCCN1CCOCC1. The first kappa shape index (κ1) is 15.7. The first-order valence-corrected chi connectivity index (χ1v) is 7.74. The van der Waals surface area contributed by atoms with Crippen LogP contribution in [0.1, 0.15) is 19.3 Å². The van der Waals surface area contributed by atoms with Gasteiger partial charge < -0.3 is 20.1 Å². The molecule has 0 aromatic carbocycles. The van der Waals surface area contributed by atoms with Crippen LogP contribution in [-0.4, -0.2) is 76.0 Å². The van der Waals surface area contributed by atoms with E-state index in [0.717, 1.165) is 71.7 Å². The summed E-state index contributed by atoms with van der Waals surface area (Å²) >= 11 is 0. The van der Waals surface area contributed by atoms with Crippen LogP contribution in [0.3, 0.4) is 0 Å². The van der Waals surface area contributed by atoms with Crippen molar-refractivity contribution in [2.24, 2.45) is 0 Å². The molecule has 0 bridgehead atoms. The number of nitrogens with zero attached hydrogens (tertiary/aromatic N) is 1. The molecule has 0 spiro atoms. The molecule has 2 saturated heterocycles. The lowest BCUT2D eigenvalue weighted by molar-refractivity contribution is -0.128. The average Bonchev–Trinajstić information content (AvgIpc) is 2.52. The molecule has 6 heteroatoms. The van der Waals surface area contributed by atoms with Crippen LogP contribution in [0.25, 0.3) is 0 Å². The number of amides is 1. The van der Waals surface area contributed by atoms with Gasteiger partial charge in [0.15, 0.2) is 0 Å². The third kappa shape index (κ3) is 6.17. The van der Waals surface area contributed by atoms with Crippen LogP contribution < -0.4 is 10.6 Å². The Hall–Kier alpha value is -0.690. The van der Waals surface area contributed by atoms with Gasteiger partial charge in [0, 0.05) is 19.6 Å². The molecule has 0 aromatic heterocycles. The summed E-state index contributed by atoms with van der Waals surface area (Å²) in [6.07, 6.45) is 3.24. The molecule has 20 heavy (non-hydrogen) atoms. The van der Waals surface area contributed by atoms with Gasteiger partial charge in [-0.3, -0.25) is 9.69 Å². The molecule has 0 aromatic rings. The summed E-state index contributed by atoms with van der Waals surface area (Å²) in [6, 6.07) is 0. The molecule has 1 amide bonds. The molecule has 0 aliphatic carbocycles. The van der Waals surface area contributed by atoms with Gasteiger partial charge in [0.2, 0.25) is 5.91 Å². The van der Waals surface area contributed by atoms with Gasteiger partial charge in [0.25, 0.3) is 0 Å². The Morgan fingerprint density at radius 1 is 1.30 bits per heavy atom. The fraction of sp³-hybridized carbons (Fsp3) is 0.929. The van der Waals surface area contributed by atoms with Crippen LogP contribution in [0.5, 0.6) is 0 Å². The standard InChI is InChI=1S/C14H27N3O3/c18-14(12-20-13-2-5-15-6-3-13)16-4-1-7-17-8-10-19-11-9-17/h13,15H,1-12H2,(H,16,18). The summed E-state index contributed by atoms with van der Waals surface area (Å²) in [7, 11) is 0. The van der Waals surface area contributed by atoms with Gasteiger partial charge in [-0.05, 0) is 38.9 Å². The minimum atomic E-state index is 0.00510. The monoisotopic (exact) mass is 285 g/mol. The van der Waals surface area contributed by atoms with E-state index in [1.165, 1.54) is 0 Å². The van der Waals surface area contributed by atoms with Crippen molar-refractivity contribution in [3.63, 3.8) is 0 Å². The summed E-state index contributed by atoms with van der Waals surface area (Å²) in [5, 5.41) is 6.21. The van der Waals surface area contributed by atoms with E-state index in [1.807, 2.05) is 0 Å². The number of hydrogen-bond donors (Lipinski definition) is 2. The van der Waals surface area contributed by atoms with Gasteiger partial charge in [0.1, 0.15) is 6.61 Å². The maximum absolute atomic E-state index is 11.7. The predicted octanol–water partition coefficient (Wildman–Crippen LogP) is -0.406. The van der Waals surface area contributed by atoms with E-state index in [1.54, 1.807) is 0 Å². The number of morpholine rings is 1. The lowest BCUT2D eigenvalue weighted by atomic mass is 10.1. The van der Waals surface area contributed by atoms with Crippen LogP contribution in [0.15, 0.2) is 0 Å². The van der Waals surface area contributed by atoms with E-state index in [4.69, 9.17) is 9.47 Å². The molecule has 2 rings (SSSR count). The van der Waals surface area contributed by atoms with Crippen molar-refractivity contribution in [3.8, 4) is 0 Å². The second kappa shape index (κ2) is 9.28. The highest BCUT2D eigenvalue weighted by Gasteiger charge is 2.14. The summed E-state index contributed by atoms with van der Waals surface area (Å²) in [4.78, 5) is 14.0. The predicted molar refractivity (Wildman–Crippen MR) is 76.7 cm³/mol. The molecule has 6 nitrogen and oxygen atoms in total. The zero-order valence-corrected chi connectivity index (χ0v) is 12.2. The van der Waals surface area contributed by atoms with Crippen molar-refractivity contribution in [3.05, 3.63) is 0 Å². The van der Waals surface area contributed by atoms with Gasteiger partial charge in [-0.1, -0.05) is 0 Å².